The van der Waals surface area contributed by atoms with Crippen LogP contribution in [0.15, 0.2) is 42.5 Å². The highest BCUT2D eigenvalue weighted by molar-refractivity contribution is 6.33. The third-order valence-electron chi connectivity index (χ3n) is 2.76. The molecule has 104 valence electrons. The van der Waals surface area contributed by atoms with Crippen LogP contribution in [0.25, 0.3) is 11.1 Å². The summed E-state index contributed by atoms with van der Waals surface area (Å²) in [4.78, 5) is 10.9. The number of benzene rings is 2. The van der Waals surface area contributed by atoms with E-state index in [9.17, 15) is 4.79 Å². The molecule has 4 heteroatoms. The van der Waals surface area contributed by atoms with E-state index < -0.39 is 5.97 Å². The van der Waals surface area contributed by atoms with Gasteiger partial charge in [-0.2, -0.15) is 0 Å². The third-order valence-corrected chi connectivity index (χ3v) is 3.07. The molecule has 0 saturated heterocycles. The second kappa shape index (κ2) is 5.97. The Morgan fingerprint density at radius 3 is 2.45 bits per heavy atom. The summed E-state index contributed by atoms with van der Waals surface area (Å²) < 4.78 is 5.76. The fourth-order valence-electron chi connectivity index (χ4n) is 1.91. The lowest BCUT2D eigenvalue weighted by Gasteiger charge is -2.15. The van der Waals surface area contributed by atoms with Crippen molar-refractivity contribution in [3.05, 3.63) is 53.1 Å². The van der Waals surface area contributed by atoms with Crippen LogP contribution in [-0.2, 0) is 0 Å². The normalized spacial score (nSPS) is 10.6. The zero-order chi connectivity index (χ0) is 14.7. The van der Waals surface area contributed by atoms with Crippen LogP contribution in [0.1, 0.15) is 24.2 Å². The molecule has 0 aliphatic rings. The lowest BCUT2D eigenvalue weighted by atomic mass is 10.0. The van der Waals surface area contributed by atoms with Gasteiger partial charge in [-0.3, -0.25) is 0 Å². The quantitative estimate of drug-likeness (QED) is 0.902. The van der Waals surface area contributed by atoms with Crippen LogP contribution in [0.2, 0.25) is 5.02 Å². The average Bonchev–Trinajstić information content (AvgIpc) is 2.39. The molecule has 0 amide bonds. The summed E-state index contributed by atoms with van der Waals surface area (Å²) in [7, 11) is 0. The van der Waals surface area contributed by atoms with E-state index in [-0.39, 0.29) is 11.7 Å². The van der Waals surface area contributed by atoms with Gasteiger partial charge in [-0.05, 0) is 32.0 Å². The molecule has 0 saturated carbocycles. The molecular formula is C16H15ClO3. The highest BCUT2D eigenvalue weighted by atomic mass is 35.5. The Kier molecular flexibility index (Phi) is 4.30. The third kappa shape index (κ3) is 3.11. The van der Waals surface area contributed by atoms with Gasteiger partial charge in [0.25, 0.3) is 0 Å². The number of carboxylic acids is 1. The van der Waals surface area contributed by atoms with Crippen LogP contribution < -0.4 is 4.74 Å². The number of rotatable bonds is 4. The van der Waals surface area contributed by atoms with Crippen molar-refractivity contribution in [1.29, 1.82) is 0 Å². The number of para-hydroxylation sites is 1. The summed E-state index contributed by atoms with van der Waals surface area (Å²) in [5.41, 5.74) is 1.78. The van der Waals surface area contributed by atoms with Crippen molar-refractivity contribution in [1.82, 2.24) is 0 Å². The monoisotopic (exact) mass is 290 g/mol. The minimum Gasteiger partial charge on any atom is -0.490 e. The Balaban J connectivity index is 2.49. The molecule has 2 rings (SSSR count). The van der Waals surface area contributed by atoms with Gasteiger partial charge >= 0.3 is 5.97 Å². The van der Waals surface area contributed by atoms with E-state index in [0.717, 1.165) is 16.9 Å². The molecule has 0 unspecified atom stereocenters. The van der Waals surface area contributed by atoms with E-state index in [1.165, 1.54) is 12.1 Å². The Bertz CT molecular complexity index is 635. The fourth-order valence-corrected chi connectivity index (χ4v) is 2.19. The first kappa shape index (κ1) is 14.4. The number of hydrogen-bond donors (Lipinski definition) is 1. The van der Waals surface area contributed by atoms with E-state index in [1.54, 1.807) is 6.07 Å². The standard InChI is InChI=1S/C16H15ClO3/c1-10(2)20-15-6-4-3-5-13(15)12-8-7-11(16(18)19)9-14(12)17/h3-10H,1-2H3,(H,18,19). The van der Waals surface area contributed by atoms with Gasteiger partial charge in [0.2, 0.25) is 0 Å². The smallest absolute Gasteiger partial charge is 0.335 e. The van der Waals surface area contributed by atoms with Crippen LogP contribution in [-0.4, -0.2) is 17.2 Å². The number of carbonyl (C=O) groups is 1. The Hall–Kier alpha value is -2.00. The lowest BCUT2D eigenvalue weighted by Crippen LogP contribution is -2.06. The van der Waals surface area contributed by atoms with Crippen LogP contribution in [0, 0.1) is 0 Å². The number of aromatic carboxylic acids is 1. The average molecular weight is 291 g/mol. The second-order valence-electron chi connectivity index (χ2n) is 4.66. The zero-order valence-corrected chi connectivity index (χ0v) is 12.0. The van der Waals surface area contributed by atoms with Crippen molar-refractivity contribution in [3.8, 4) is 16.9 Å². The fraction of sp³-hybridized carbons (Fsp3) is 0.188. The first-order chi connectivity index (χ1) is 9.49. The van der Waals surface area contributed by atoms with E-state index >= 15 is 0 Å². The van der Waals surface area contributed by atoms with Crippen LogP contribution in [0.5, 0.6) is 5.75 Å². The van der Waals surface area contributed by atoms with Crippen molar-refractivity contribution < 1.29 is 14.6 Å². The Labute approximate surface area is 122 Å². The minimum atomic E-state index is -0.995. The van der Waals surface area contributed by atoms with E-state index in [4.69, 9.17) is 21.4 Å². The maximum absolute atomic E-state index is 10.9. The molecule has 0 bridgehead atoms. The topological polar surface area (TPSA) is 46.5 Å². The maximum Gasteiger partial charge on any atom is 0.335 e. The predicted molar refractivity (Wildman–Crippen MR) is 79.6 cm³/mol. The lowest BCUT2D eigenvalue weighted by molar-refractivity contribution is 0.0697. The number of ether oxygens (including phenoxy) is 1. The van der Waals surface area contributed by atoms with Gasteiger partial charge in [0.15, 0.2) is 0 Å². The molecule has 0 fully saturated rings. The summed E-state index contributed by atoms with van der Waals surface area (Å²) >= 11 is 6.20. The highest BCUT2D eigenvalue weighted by Crippen LogP contribution is 2.35. The van der Waals surface area contributed by atoms with Crippen molar-refractivity contribution in [2.45, 2.75) is 20.0 Å². The van der Waals surface area contributed by atoms with Crippen LogP contribution >= 0.6 is 11.6 Å². The molecule has 0 heterocycles. The molecule has 20 heavy (non-hydrogen) atoms. The number of halogens is 1. The highest BCUT2D eigenvalue weighted by Gasteiger charge is 2.12. The van der Waals surface area contributed by atoms with Gasteiger partial charge in [0.1, 0.15) is 5.75 Å². The summed E-state index contributed by atoms with van der Waals surface area (Å²) in [6, 6.07) is 12.2. The number of hydrogen-bond acceptors (Lipinski definition) is 2. The molecule has 2 aromatic carbocycles. The van der Waals surface area contributed by atoms with Crippen LogP contribution in [0.3, 0.4) is 0 Å². The summed E-state index contributed by atoms with van der Waals surface area (Å²) in [5.74, 6) is -0.266. The van der Waals surface area contributed by atoms with E-state index in [2.05, 4.69) is 0 Å². The predicted octanol–water partition coefficient (Wildman–Crippen LogP) is 4.49. The molecule has 1 N–H and O–H groups in total. The molecule has 0 radical (unpaired) electrons. The summed E-state index contributed by atoms with van der Waals surface area (Å²) in [6.07, 6.45) is 0.0493. The van der Waals surface area contributed by atoms with Gasteiger partial charge in [-0.1, -0.05) is 35.9 Å². The van der Waals surface area contributed by atoms with Gasteiger partial charge in [-0.15, -0.1) is 0 Å². The molecule has 0 atom stereocenters. The molecule has 0 aliphatic carbocycles. The minimum absolute atomic E-state index is 0.0493. The molecular weight excluding hydrogens is 276 g/mol. The Morgan fingerprint density at radius 1 is 1.15 bits per heavy atom. The van der Waals surface area contributed by atoms with Gasteiger partial charge in [-0.25, -0.2) is 4.79 Å². The molecule has 0 aliphatic heterocycles. The SMILES string of the molecule is CC(C)Oc1ccccc1-c1ccc(C(=O)O)cc1Cl. The van der Waals surface area contributed by atoms with Gasteiger partial charge in [0.05, 0.1) is 11.7 Å². The van der Waals surface area contributed by atoms with Crippen molar-refractivity contribution >= 4 is 17.6 Å². The summed E-state index contributed by atoms with van der Waals surface area (Å²) in [6.45, 7) is 3.90. The second-order valence-corrected chi connectivity index (χ2v) is 5.07. The van der Waals surface area contributed by atoms with Gasteiger partial charge in [0, 0.05) is 16.1 Å². The molecule has 2 aromatic rings. The van der Waals surface area contributed by atoms with E-state index in [0.29, 0.717) is 5.02 Å². The van der Waals surface area contributed by atoms with Crippen molar-refractivity contribution in [3.63, 3.8) is 0 Å². The van der Waals surface area contributed by atoms with E-state index in [1.807, 2.05) is 38.1 Å². The molecule has 3 nitrogen and oxygen atoms in total. The van der Waals surface area contributed by atoms with Crippen LogP contribution in [0.4, 0.5) is 0 Å². The van der Waals surface area contributed by atoms with Crippen molar-refractivity contribution in [2.24, 2.45) is 0 Å². The summed E-state index contributed by atoms with van der Waals surface area (Å²) in [5, 5.41) is 9.35. The largest absolute Gasteiger partial charge is 0.490 e. The number of carboxylic acid groups (broad SMARTS) is 1. The molecule has 0 spiro atoms. The Morgan fingerprint density at radius 2 is 1.85 bits per heavy atom. The van der Waals surface area contributed by atoms with Crippen molar-refractivity contribution in [2.75, 3.05) is 0 Å². The first-order valence-electron chi connectivity index (χ1n) is 6.28. The maximum atomic E-state index is 10.9. The molecule has 0 aromatic heterocycles. The van der Waals surface area contributed by atoms with Gasteiger partial charge < -0.3 is 9.84 Å². The first-order valence-corrected chi connectivity index (χ1v) is 6.65. The zero-order valence-electron chi connectivity index (χ0n) is 11.3.